The molecule has 1 aromatic rings. The topological polar surface area (TPSA) is 48.7 Å². The first-order valence-corrected chi connectivity index (χ1v) is 4.54. The molecule has 0 aromatic carbocycles. The Labute approximate surface area is 84.1 Å². The Morgan fingerprint density at radius 2 is 2.50 bits per heavy atom. The van der Waals surface area contributed by atoms with Gasteiger partial charge in [-0.25, -0.2) is 4.98 Å². The highest BCUT2D eigenvalue weighted by atomic mass is 14.8. The molecular weight excluding hydrogens is 174 g/mol. The Kier molecular flexibility index (Phi) is 4.39. The summed E-state index contributed by atoms with van der Waals surface area (Å²) in [7, 11) is 1.92. The van der Waals surface area contributed by atoms with E-state index in [0.717, 1.165) is 18.5 Å². The Bertz CT molecular complexity index is 350. The van der Waals surface area contributed by atoms with Gasteiger partial charge in [0.2, 0.25) is 0 Å². The molecule has 0 aliphatic heterocycles. The second-order valence-corrected chi connectivity index (χ2v) is 2.88. The molecule has 1 heterocycles. The summed E-state index contributed by atoms with van der Waals surface area (Å²) in [5.74, 6) is 0. The number of nitrogens with zero attached hydrogens (tertiary/aromatic N) is 2. The van der Waals surface area contributed by atoms with Crippen molar-refractivity contribution in [2.24, 2.45) is 0 Å². The summed E-state index contributed by atoms with van der Waals surface area (Å²) in [6.45, 7) is 0.965. The number of hydrogen-bond donors (Lipinski definition) is 1. The average molecular weight is 187 g/mol. The molecule has 0 aliphatic rings. The van der Waals surface area contributed by atoms with Gasteiger partial charge in [-0.1, -0.05) is 12.2 Å². The van der Waals surface area contributed by atoms with Crippen LogP contribution in [0, 0.1) is 11.3 Å². The van der Waals surface area contributed by atoms with Gasteiger partial charge in [0.05, 0.1) is 0 Å². The van der Waals surface area contributed by atoms with E-state index >= 15 is 0 Å². The molecule has 1 N–H and O–H groups in total. The zero-order valence-electron chi connectivity index (χ0n) is 8.20. The molecule has 0 amide bonds. The van der Waals surface area contributed by atoms with Crippen LogP contribution in [0.15, 0.2) is 24.4 Å². The summed E-state index contributed by atoms with van der Waals surface area (Å²) in [5.41, 5.74) is 1.48. The van der Waals surface area contributed by atoms with Gasteiger partial charge in [-0.3, -0.25) is 0 Å². The van der Waals surface area contributed by atoms with Gasteiger partial charge in [0.15, 0.2) is 0 Å². The maximum Gasteiger partial charge on any atom is 0.141 e. The molecule has 0 unspecified atom stereocenters. The van der Waals surface area contributed by atoms with Crippen molar-refractivity contribution in [3.63, 3.8) is 0 Å². The van der Waals surface area contributed by atoms with Crippen molar-refractivity contribution in [2.45, 2.75) is 6.42 Å². The highest BCUT2D eigenvalue weighted by molar-refractivity contribution is 5.50. The van der Waals surface area contributed by atoms with Crippen LogP contribution in [0.2, 0.25) is 0 Å². The normalized spacial score (nSPS) is 10.3. The minimum atomic E-state index is 0.459. The van der Waals surface area contributed by atoms with Crippen LogP contribution >= 0.6 is 0 Å². The summed E-state index contributed by atoms with van der Waals surface area (Å²) in [6, 6.07) is 5.67. The zero-order valence-corrected chi connectivity index (χ0v) is 8.20. The smallest absolute Gasteiger partial charge is 0.141 e. The van der Waals surface area contributed by atoms with Crippen LogP contribution in [0.5, 0.6) is 0 Å². The van der Waals surface area contributed by atoms with Crippen molar-refractivity contribution in [1.29, 1.82) is 5.26 Å². The van der Waals surface area contributed by atoms with Gasteiger partial charge in [-0.2, -0.15) is 5.26 Å². The van der Waals surface area contributed by atoms with Crippen LogP contribution in [0.3, 0.4) is 0 Å². The lowest BCUT2D eigenvalue weighted by Gasteiger charge is -1.94. The third kappa shape index (κ3) is 3.38. The fourth-order valence-corrected chi connectivity index (χ4v) is 1.06. The molecule has 3 heteroatoms. The Balaban J connectivity index is 2.59. The largest absolute Gasteiger partial charge is 0.319 e. The van der Waals surface area contributed by atoms with E-state index in [1.165, 1.54) is 0 Å². The van der Waals surface area contributed by atoms with Crippen molar-refractivity contribution in [3.8, 4) is 6.07 Å². The first kappa shape index (κ1) is 10.4. The number of pyridine rings is 1. The van der Waals surface area contributed by atoms with E-state index in [1.807, 2.05) is 25.3 Å². The monoisotopic (exact) mass is 187 g/mol. The summed E-state index contributed by atoms with van der Waals surface area (Å²) in [6.07, 6.45) is 6.71. The van der Waals surface area contributed by atoms with Gasteiger partial charge < -0.3 is 5.32 Å². The van der Waals surface area contributed by atoms with Crippen molar-refractivity contribution in [1.82, 2.24) is 10.3 Å². The third-order valence-corrected chi connectivity index (χ3v) is 1.77. The molecule has 0 atom stereocenters. The predicted octanol–water partition coefficient (Wildman–Crippen LogP) is 1.58. The Morgan fingerprint density at radius 1 is 1.64 bits per heavy atom. The minimum absolute atomic E-state index is 0.459. The highest BCUT2D eigenvalue weighted by Crippen LogP contribution is 2.03. The summed E-state index contributed by atoms with van der Waals surface area (Å²) < 4.78 is 0. The van der Waals surface area contributed by atoms with Crippen LogP contribution in [0.25, 0.3) is 6.08 Å². The molecule has 0 fully saturated rings. The average Bonchev–Trinajstić information content (AvgIpc) is 2.25. The van der Waals surface area contributed by atoms with Crippen LogP contribution < -0.4 is 5.32 Å². The van der Waals surface area contributed by atoms with E-state index in [1.54, 1.807) is 12.3 Å². The van der Waals surface area contributed by atoms with E-state index in [9.17, 15) is 0 Å². The molecule has 3 nitrogen and oxygen atoms in total. The lowest BCUT2D eigenvalue weighted by molar-refractivity contribution is 0.809. The number of rotatable bonds is 4. The van der Waals surface area contributed by atoms with Crippen LogP contribution in [0.4, 0.5) is 0 Å². The first-order chi connectivity index (χ1) is 6.86. The van der Waals surface area contributed by atoms with Gasteiger partial charge in [0.1, 0.15) is 11.8 Å². The lowest BCUT2D eigenvalue weighted by atomic mass is 10.2. The van der Waals surface area contributed by atoms with Crippen LogP contribution in [-0.4, -0.2) is 18.6 Å². The van der Waals surface area contributed by atoms with Gasteiger partial charge in [-0.15, -0.1) is 0 Å². The first-order valence-electron chi connectivity index (χ1n) is 4.54. The molecule has 14 heavy (non-hydrogen) atoms. The second-order valence-electron chi connectivity index (χ2n) is 2.88. The fourth-order valence-electron chi connectivity index (χ4n) is 1.06. The van der Waals surface area contributed by atoms with Crippen LogP contribution in [-0.2, 0) is 0 Å². The van der Waals surface area contributed by atoms with Crippen LogP contribution in [0.1, 0.15) is 17.7 Å². The third-order valence-electron chi connectivity index (χ3n) is 1.77. The molecular formula is C11H13N3. The quantitative estimate of drug-likeness (QED) is 0.728. The van der Waals surface area contributed by atoms with Crippen molar-refractivity contribution < 1.29 is 0 Å². The van der Waals surface area contributed by atoms with Crippen molar-refractivity contribution in [2.75, 3.05) is 13.6 Å². The van der Waals surface area contributed by atoms with E-state index in [-0.39, 0.29) is 0 Å². The Hall–Kier alpha value is -1.66. The maximum atomic E-state index is 8.63. The Morgan fingerprint density at radius 3 is 3.21 bits per heavy atom. The van der Waals surface area contributed by atoms with E-state index in [0.29, 0.717) is 5.69 Å². The summed E-state index contributed by atoms with van der Waals surface area (Å²) in [4.78, 5) is 3.89. The molecule has 0 bridgehead atoms. The van der Waals surface area contributed by atoms with Gasteiger partial charge >= 0.3 is 0 Å². The van der Waals surface area contributed by atoms with E-state index in [2.05, 4.69) is 16.4 Å². The fraction of sp³-hybridized carbons (Fsp3) is 0.273. The van der Waals surface area contributed by atoms with Crippen molar-refractivity contribution >= 4 is 6.08 Å². The molecule has 1 rings (SSSR count). The van der Waals surface area contributed by atoms with Gasteiger partial charge in [-0.05, 0) is 37.7 Å². The number of hydrogen-bond acceptors (Lipinski definition) is 3. The maximum absolute atomic E-state index is 8.63. The molecule has 0 spiro atoms. The second kappa shape index (κ2) is 5.90. The molecule has 0 saturated heterocycles. The number of aromatic nitrogens is 1. The predicted molar refractivity (Wildman–Crippen MR) is 56.5 cm³/mol. The minimum Gasteiger partial charge on any atom is -0.319 e. The molecule has 0 saturated carbocycles. The van der Waals surface area contributed by atoms with E-state index in [4.69, 9.17) is 5.26 Å². The molecule has 1 aromatic heterocycles. The number of nitriles is 1. The number of nitrogens with one attached hydrogen (secondary N) is 1. The van der Waals surface area contributed by atoms with Gasteiger partial charge in [0, 0.05) is 6.20 Å². The SMILES string of the molecule is CNCCC=Cc1ccnc(C#N)c1. The zero-order chi connectivity index (χ0) is 10.2. The molecule has 72 valence electrons. The standard InChI is InChI=1S/C11H13N3/c1-13-6-3-2-4-10-5-7-14-11(8-10)9-12/h2,4-5,7-8,13H,3,6H2,1H3. The van der Waals surface area contributed by atoms with Crippen molar-refractivity contribution in [3.05, 3.63) is 35.7 Å². The molecule has 0 aliphatic carbocycles. The van der Waals surface area contributed by atoms with E-state index < -0.39 is 0 Å². The molecule has 0 radical (unpaired) electrons. The highest BCUT2D eigenvalue weighted by Gasteiger charge is 1.91. The van der Waals surface area contributed by atoms with Gasteiger partial charge in [0.25, 0.3) is 0 Å². The lowest BCUT2D eigenvalue weighted by Crippen LogP contribution is -2.05. The summed E-state index contributed by atoms with van der Waals surface area (Å²) >= 11 is 0. The summed E-state index contributed by atoms with van der Waals surface area (Å²) in [5, 5.41) is 11.7.